The van der Waals surface area contributed by atoms with Crippen LogP contribution in [-0.4, -0.2) is 17.0 Å². The molecule has 9 aliphatic rings. The second-order valence-corrected chi connectivity index (χ2v) is 21.3. The van der Waals surface area contributed by atoms with Gasteiger partial charge in [0.15, 0.2) is 0 Å². The zero-order chi connectivity index (χ0) is 42.7. The molecule has 0 bridgehead atoms. The van der Waals surface area contributed by atoms with Crippen LogP contribution in [0.3, 0.4) is 0 Å². The molecule has 1 aromatic rings. The molecule has 0 saturated carbocycles. The van der Waals surface area contributed by atoms with Crippen LogP contribution in [0.1, 0.15) is 143 Å². The number of benzene rings is 1. The highest BCUT2D eigenvalue weighted by atomic mass is 16.5. The third kappa shape index (κ3) is 7.03. The molecule has 7 unspecified atom stereocenters. The van der Waals surface area contributed by atoms with E-state index >= 15 is 0 Å². The average molecular weight is 825 g/mol. The fourth-order valence-corrected chi connectivity index (χ4v) is 13.3. The number of aliphatic imine (C=N–C) groups is 1. The van der Waals surface area contributed by atoms with E-state index in [0.717, 1.165) is 44.3 Å². The summed E-state index contributed by atoms with van der Waals surface area (Å²) in [7, 11) is 0. The molecule has 10 rings (SSSR count). The second kappa shape index (κ2) is 16.3. The summed E-state index contributed by atoms with van der Waals surface area (Å²) in [5, 5.41) is 4.10. The molecular formula is C59H72N2O. The Morgan fingerprint density at radius 3 is 2.32 bits per heavy atom. The van der Waals surface area contributed by atoms with Crippen LogP contribution >= 0.6 is 0 Å². The molecule has 2 heterocycles. The van der Waals surface area contributed by atoms with Gasteiger partial charge in [-0.3, -0.25) is 4.99 Å². The zero-order valence-electron chi connectivity index (χ0n) is 38.7. The summed E-state index contributed by atoms with van der Waals surface area (Å²) < 4.78 is 6.98. The molecule has 0 amide bonds. The fourth-order valence-electron chi connectivity index (χ4n) is 13.3. The maximum Gasteiger partial charge on any atom is 0.136 e. The van der Waals surface area contributed by atoms with Crippen LogP contribution in [0, 0.1) is 35.0 Å². The highest BCUT2D eigenvalue weighted by Gasteiger charge is 2.57. The van der Waals surface area contributed by atoms with E-state index < -0.39 is 5.66 Å². The van der Waals surface area contributed by atoms with E-state index in [1.807, 2.05) is 0 Å². The molecule has 0 spiro atoms. The standard InChI is InChI=1S/C59H72N2O/c1-40-22-24-45(25-23-40)54-42(3)55(61-58(6,60-54)56(4)36-14-8-15-37-56)46-28-26-43(27-29-46)47-32-35-50(41(2)39-47)44-30-33-49(34-31-44)59(48-17-9-7-10-18-48)51-19-11-12-20-52(51)62-57(5)38-16-13-21-53(57)59/h11-12,14,17,19-22,24,26,28-33,35-36,40-41,43,45,49,60H,7-10,13,15-16,18,23,25,27,34,37-39H2,1-6H3/t40-,41?,43?,45?,49?,56?,57-,58?,59?/m1/s1. The number of allylic oxidation sites excluding steroid dienone is 19. The number of rotatable bonds is 7. The maximum absolute atomic E-state index is 6.98. The molecule has 0 saturated heterocycles. The van der Waals surface area contributed by atoms with Gasteiger partial charge < -0.3 is 10.1 Å². The minimum Gasteiger partial charge on any atom is -0.483 e. The molecule has 1 aromatic carbocycles. The number of hydrogen-bond donors (Lipinski definition) is 1. The van der Waals surface area contributed by atoms with Crippen molar-refractivity contribution < 1.29 is 4.74 Å². The van der Waals surface area contributed by atoms with Crippen molar-refractivity contribution in [3.63, 3.8) is 0 Å². The van der Waals surface area contributed by atoms with Gasteiger partial charge >= 0.3 is 0 Å². The van der Waals surface area contributed by atoms with E-state index in [2.05, 4.69) is 156 Å². The molecule has 0 aromatic heterocycles. The number of nitrogens with zero attached hydrogens (tertiary/aromatic N) is 1. The van der Waals surface area contributed by atoms with Crippen molar-refractivity contribution in [2.45, 2.75) is 155 Å². The Hall–Kier alpha value is -4.37. The van der Waals surface area contributed by atoms with E-state index in [1.165, 1.54) is 103 Å². The molecular weight excluding hydrogens is 753 g/mol. The molecule has 0 fully saturated rings. The van der Waals surface area contributed by atoms with E-state index in [0.29, 0.717) is 29.6 Å². The van der Waals surface area contributed by atoms with Crippen molar-refractivity contribution in [2.75, 3.05) is 0 Å². The van der Waals surface area contributed by atoms with Gasteiger partial charge in [0.05, 0.1) is 11.1 Å². The first-order chi connectivity index (χ1) is 30.0. The smallest absolute Gasteiger partial charge is 0.136 e. The van der Waals surface area contributed by atoms with Crippen molar-refractivity contribution >= 4 is 5.71 Å². The van der Waals surface area contributed by atoms with Gasteiger partial charge in [-0.15, -0.1) is 0 Å². The summed E-state index contributed by atoms with van der Waals surface area (Å²) in [6, 6.07) is 9.05. The first kappa shape index (κ1) is 41.6. The van der Waals surface area contributed by atoms with Crippen molar-refractivity contribution in [3.8, 4) is 5.75 Å². The first-order valence-corrected chi connectivity index (χ1v) is 24.8. The van der Waals surface area contributed by atoms with Crippen LogP contribution < -0.4 is 10.1 Å². The molecule has 2 aliphatic heterocycles. The predicted octanol–water partition coefficient (Wildman–Crippen LogP) is 15.0. The van der Waals surface area contributed by atoms with Gasteiger partial charge in [0, 0.05) is 28.5 Å². The van der Waals surface area contributed by atoms with E-state index in [9.17, 15) is 0 Å². The Kier molecular flexibility index (Phi) is 11.0. The molecule has 3 nitrogen and oxygen atoms in total. The van der Waals surface area contributed by atoms with Crippen molar-refractivity contribution in [1.29, 1.82) is 0 Å². The second-order valence-electron chi connectivity index (χ2n) is 21.3. The number of hydrogen-bond acceptors (Lipinski definition) is 3. The summed E-state index contributed by atoms with van der Waals surface area (Å²) in [6.45, 7) is 14.3. The summed E-state index contributed by atoms with van der Waals surface area (Å²) in [6.07, 6.45) is 52.6. The van der Waals surface area contributed by atoms with Crippen LogP contribution in [0.4, 0.5) is 0 Å². The Morgan fingerprint density at radius 1 is 0.774 bits per heavy atom. The summed E-state index contributed by atoms with van der Waals surface area (Å²) in [5.74, 6) is 3.44. The van der Waals surface area contributed by atoms with Crippen LogP contribution in [0.2, 0.25) is 0 Å². The normalized spacial score (nSPS) is 37.9. The Bertz CT molecular complexity index is 2360. The fraction of sp³-hybridized carbons (Fsp3) is 0.508. The van der Waals surface area contributed by atoms with Crippen LogP contribution in [-0.2, 0) is 5.41 Å². The summed E-state index contributed by atoms with van der Waals surface area (Å²) in [4.78, 5) is 5.69. The van der Waals surface area contributed by atoms with Crippen LogP contribution in [0.5, 0.6) is 5.75 Å². The molecule has 9 atom stereocenters. The lowest BCUT2D eigenvalue weighted by Gasteiger charge is -2.56. The van der Waals surface area contributed by atoms with Crippen LogP contribution in [0.25, 0.3) is 0 Å². The van der Waals surface area contributed by atoms with Crippen molar-refractivity contribution in [2.24, 2.45) is 40.0 Å². The summed E-state index contributed by atoms with van der Waals surface area (Å²) >= 11 is 0. The number of ether oxygens (including phenoxy) is 1. The SMILES string of the molecule is CC1=C(C2C=C[C@@H](C)CC2)NC(C)(C2(C)C=CCCC2)N=C1C1=CCC(C2=CC=C(C3=CCC(C4(C5=CCCCC5)C5=CCCC[C@@]5(C)Oc5ccccc54)C=C3)C(C)C2)C=C1. The predicted molar refractivity (Wildman–Crippen MR) is 260 cm³/mol. The highest BCUT2D eigenvalue weighted by molar-refractivity contribution is 6.15. The lowest BCUT2D eigenvalue weighted by Crippen LogP contribution is -2.56. The lowest BCUT2D eigenvalue weighted by atomic mass is 9.52. The summed E-state index contributed by atoms with van der Waals surface area (Å²) in [5.41, 5.74) is 13.4. The third-order valence-electron chi connectivity index (χ3n) is 17.1. The van der Waals surface area contributed by atoms with Gasteiger partial charge in [0.1, 0.15) is 17.0 Å². The zero-order valence-corrected chi connectivity index (χ0v) is 38.7. The molecule has 7 aliphatic carbocycles. The van der Waals surface area contributed by atoms with Gasteiger partial charge in [-0.05, 0) is 169 Å². The molecule has 62 heavy (non-hydrogen) atoms. The van der Waals surface area contributed by atoms with Gasteiger partial charge in [-0.25, -0.2) is 0 Å². The van der Waals surface area contributed by atoms with Gasteiger partial charge in [-0.1, -0.05) is 135 Å². The van der Waals surface area contributed by atoms with E-state index in [4.69, 9.17) is 9.73 Å². The maximum atomic E-state index is 6.98. The lowest BCUT2D eigenvalue weighted by molar-refractivity contribution is 0.0688. The van der Waals surface area contributed by atoms with Crippen LogP contribution in [0.15, 0.2) is 159 Å². The quantitative estimate of drug-likeness (QED) is 0.278. The van der Waals surface area contributed by atoms with Crippen molar-refractivity contribution in [1.82, 2.24) is 5.32 Å². The average Bonchev–Trinajstić information content (AvgIpc) is 3.30. The first-order valence-electron chi connectivity index (χ1n) is 24.8. The number of fused-ring (bicyclic) bond motifs is 2. The Labute approximate surface area is 374 Å². The van der Waals surface area contributed by atoms with Gasteiger partial charge in [0.2, 0.25) is 0 Å². The minimum absolute atomic E-state index is 0.0362. The third-order valence-corrected chi connectivity index (χ3v) is 17.1. The highest BCUT2D eigenvalue weighted by Crippen LogP contribution is 2.61. The molecule has 324 valence electrons. The van der Waals surface area contributed by atoms with Gasteiger partial charge in [0.25, 0.3) is 0 Å². The molecule has 0 radical (unpaired) electrons. The number of para-hydroxylation sites is 1. The van der Waals surface area contributed by atoms with Crippen molar-refractivity contribution in [3.05, 3.63) is 160 Å². The Balaban J connectivity index is 0.906. The largest absolute Gasteiger partial charge is 0.483 e. The van der Waals surface area contributed by atoms with E-state index in [-0.39, 0.29) is 16.4 Å². The number of nitrogens with one attached hydrogen (secondary N) is 1. The topological polar surface area (TPSA) is 33.6 Å². The molecule has 3 heteroatoms. The van der Waals surface area contributed by atoms with Gasteiger partial charge in [-0.2, -0.15) is 0 Å². The Morgan fingerprint density at radius 2 is 1.60 bits per heavy atom. The van der Waals surface area contributed by atoms with E-state index in [1.54, 1.807) is 11.1 Å². The minimum atomic E-state index is -0.391. The monoisotopic (exact) mass is 825 g/mol. The molecule has 1 N–H and O–H groups in total.